The molecule has 2 aliphatic carbocycles. The zero-order valence-corrected chi connectivity index (χ0v) is 17.8. The maximum atomic E-state index is 13.1. The van der Waals surface area contributed by atoms with Crippen molar-refractivity contribution in [1.82, 2.24) is 15.5 Å². The molecule has 3 amide bonds. The first-order valence-corrected chi connectivity index (χ1v) is 11.0. The summed E-state index contributed by atoms with van der Waals surface area (Å²) in [6.45, 7) is 7.94. The maximum Gasteiger partial charge on any atom is 0.315 e. The van der Waals surface area contributed by atoms with E-state index in [-0.39, 0.29) is 29.5 Å². The highest BCUT2D eigenvalue weighted by Gasteiger charge is 2.63. The van der Waals surface area contributed by atoms with Gasteiger partial charge in [0, 0.05) is 43.6 Å². The quantitative estimate of drug-likeness (QED) is 0.665. The molecular formula is C21H38N4O3. The zero-order valence-electron chi connectivity index (χ0n) is 17.8. The molecule has 1 saturated heterocycles. The highest BCUT2D eigenvalue weighted by Crippen LogP contribution is 2.50. The number of amides is 3. The molecule has 2 unspecified atom stereocenters. The van der Waals surface area contributed by atoms with Gasteiger partial charge in [0.2, 0.25) is 5.91 Å². The van der Waals surface area contributed by atoms with Gasteiger partial charge in [-0.25, -0.2) is 4.79 Å². The van der Waals surface area contributed by atoms with Gasteiger partial charge in [0.05, 0.1) is 6.10 Å². The Morgan fingerprint density at radius 1 is 1.04 bits per heavy atom. The minimum absolute atomic E-state index is 0.0264. The Kier molecular flexibility index (Phi) is 6.54. The van der Waals surface area contributed by atoms with E-state index in [1.54, 1.807) is 0 Å². The van der Waals surface area contributed by atoms with Gasteiger partial charge in [0.25, 0.3) is 0 Å². The number of rotatable bonds is 5. The normalized spacial score (nSPS) is 31.1. The summed E-state index contributed by atoms with van der Waals surface area (Å²) in [6.07, 6.45) is 8.00. The van der Waals surface area contributed by atoms with Crippen molar-refractivity contribution in [3.63, 3.8) is 0 Å². The summed E-state index contributed by atoms with van der Waals surface area (Å²) in [5, 5.41) is 6.20. The molecule has 3 fully saturated rings. The Morgan fingerprint density at radius 3 is 2.14 bits per heavy atom. The number of piperidine rings is 1. The molecule has 28 heavy (non-hydrogen) atoms. The van der Waals surface area contributed by atoms with Gasteiger partial charge < -0.3 is 26.0 Å². The van der Waals surface area contributed by atoms with Crippen molar-refractivity contribution in [2.75, 3.05) is 19.7 Å². The topological polar surface area (TPSA) is 96.7 Å². The van der Waals surface area contributed by atoms with E-state index in [1.165, 1.54) is 19.3 Å². The van der Waals surface area contributed by atoms with Crippen molar-refractivity contribution in [3.05, 3.63) is 0 Å². The largest absolute Gasteiger partial charge is 0.378 e. The predicted molar refractivity (Wildman–Crippen MR) is 109 cm³/mol. The molecule has 0 bridgehead atoms. The molecule has 0 aromatic rings. The number of ether oxygens (including phenoxy) is 1. The summed E-state index contributed by atoms with van der Waals surface area (Å²) < 4.78 is 5.74. The first-order chi connectivity index (χ1) is 13.3. The Hall–Kier alpha value is -1.34. The van der Waals surface area contributed by atoms with Gasteiger partial charge in [0.1, 0.15) is 5.54 Å². The molecule has 2 atom stereocenters. The third-order valence-corrected chi connectivity index (χ3v) is 7.27. The molecule has 0 aromatic heterocycles. The molecule has 1 heterocycles. The van der Waals surface area contributed by atoms with Crippen LogP contribution in [0.2, 0.25) is 0 Å². The number of hydrogen-bond acceptors (Lipinski definition) is 4. The van der Waals surface area contributed by atoms with Gasteiger partial charge in [-0.15, -0.1) is 0 Å². The fourth-order valence-electron chi connectivity index (χ4n) is 4.97. The van der Waals surface area contributed by atoms with Gasteiger partial charge in [-0.2, -0.15) is 0 Å². The lowest BCUT2D eigenvalue weighted by atomic mass is 9.54. The van der Waals surface area contributed by atoms with Crippen LogP contribution in [-0.2, 0) is 9.53 Å². The fourth-order valence-corrected chi connectivity index (χ4v) is 4.97. The number of carbonyl (C=O) groups is 2. The number of urea groups is 1. The molecular weight excluding hydrogens is 356 g/mol. The van der Waals surface area contributed by atoms with E-state index in [9.17, 15) is 9.59 Å². The van der Waals surface area contributed by atoms with Crippen molar-refractivity contribution in [2.45, 2.75) is 95.9 Å². The fraction of sp³-hybridized carbons (Fsp3) is 0.905. The summed E-state index contributed by atoms with van der Waals surface area (Å²) in [7, 11) is 0. The van der Waals surface area contributed by atoms with Crippen molar-refractivity contribution < 1.29 is 14.3 Å². The van der Waals surface area contributed by atoms with Crippen molar-refractivity contribution in [1.29, 1.82) is 0 Å². The van der Waals surface area contributed by atoms with Crippen LogP contribution in [0.5, 0.6) is 0 Å². The molecule has 2 saturated carbocycles. The highest BCUT2D eigenvalue weighted by atomic mass is 16.5. The summed E-state index contributed by atoms with van der Waals surface area (Å²) >= 11 is 0. The van der Waals surface area contributed by atoms with Crippen LogP contribution in [-0.4, -0.2) is 60.3 Å². The van der Waals surface area contributed by atoms with E-state index in [0.717, 1.165) is 25.7 Å². The highest BCUT2D eigenvalue weighted by molar-refractivity contribution is 5.89. The molecule has 7 heteroatoms. The number of nitrogens with two attached hydrogens (primary N) is 1. The Bertz CT molecular complexity index is 568. The lowest BCUT2D eigenvalue weighted by Crippen LogP contribution is -2.76. The number of likely N-dealkylation sites (tertiary alicyclic amines) is 1. The second kappa shape index (κ2) is 8.57. The first-order valence-electron chi connectivity index (χ1n) is 11.0. The van der Waals surface area contributed by atoms with E-state index < -0.39 is 5.54 Å². The van der Waals surface area contributed by atoms with Crippen LogP contribution in [0.25, 0.3) is 0 Å². The van der Waals surface area contributed by atoms with Gasteiger partial charge in [-0.05, 0) is 32.6 Å². The smallest absolute Gasteiger partial charge is 0.315 e. The summed E-state index contributed by atoms with van der Waals surface area (Å²) in [6, 6.07) is 0.366. The van der Waals surface area contributed by atoms with Crippen LogP contribution in [0.1, 0.15) is 72.1 Å². The molecule has 0 aromatic carbocycles. The first kappa shape index (κ1) is 21.4. The van der Waals surface area contributed by atoms with Gasteiger partial charge in [-0.3, -0.25) is 4.79 Å². The number of hydrogen-bond donors (Lipinski definition) is 3. The third kappa shape index (κ3) is 4.15. The van der Waals surface area contributed by atoms with E-state index in [4.69, 9.17) is 10.5 Å². The second-order valence-electron chi connectivity index (χ2n) is 9.36. The Labute approximate surface area is 169 Å². The van der Waals surface area contributed by atoms with E-state index >= 15 is 0 Å². The van der Waals surface area contributed by atoms with Crippen LogP contribution in [0.3, 0.4) is 0 Å². The molecule has 0 radical (unpaired) electrons. The number of nitrogens with zero attached hydrogens (tertiary/aromatic N) is 1. The molecule has 0 spiro atoms. The molecule has 7 nitrogen and oxygen atoms in total. The van der Waals surface area contributed by atoms with E-state index in [0.29, 0.717) is 32.2 Å². The standard InChI is InChI=1S/C21H38N4O3/c1-4-28-17-14-21(22,20(17,2)3)18(26)25-12-10-16(11-13-25)24-19(27)23-15-8-6-5-7-9-15/h15-17H,4-14,22H2,1-3H3,(H2,23,24,27). The van der Waals surface area contributed by atoms with Gasteiger partial charge in [0.15, 0.2) is 0 Å². The van der Waals surface area contributed by atoms with E-state index in [1.807, 2.05) is 25.7 Å². The summed E-state index contributed by atoms with van der Waals surface area (Å²) in [4.78, 5) is 27.2. The van der Waals surface area contributed by atoms with Crippen LogP contribution >= 0.6 is 0 Å². The predicted octanol–water partition coefficient (Wildman–Crippen LogP) is 2.14. The molecule has 4 N–H and O–H groups in total. The number of nitrogens with one attached hydrogen (secondary N) is 2. The second-order valence-corrected chi connectivity index (χ2v) is 9.36. The Balaban J connectivity index is 1.44. The van der Waals surface area contributed by atoms with E-state index in [2.05, 4.69) is 10.6 Å². The lowest BCUT2D eigenvalue weighted by molar-refractivity contribution is -0.180. The van der Waals surface area contributed by atoms with Crippen LogP contribution in [0, 0.1) is 5.41 Å². The summed E-state index contributed by atoms with van der Waals surface area (Å²) in [5.74, 6) is 0.0264. The van der Waals surface area contributed by atoms with Crippen LogP contribution < -0.4 is 16.4 Å². The van der Waals surface area contributed by atoms with Crippen molar-refractivity contribution in [3.8, 4) is 0 Å². The minimum Gasteiger partial charge on any atom is -0.378 e. The monoisotopic (exact) mass is 394 g/mol. The lowest BCUT2D eigenvalue weighted by Gasteiger charge is -2.59. The average Bonchev–Trinajstić information content (AvgIpc) is 2.68. The Morgan fingerprint density at radius 2 is 1.61 bits per heavy atom. The molecule has 3 rings (SSSR count). The maximum absolute atomic E-state index is 13.1. The molecule has 3 aliphatic rings. The average molecular weight is 395 g/mol. The zero-order chi connectivity index (χ0) is 20.4. The van der Waals surface area contributed by atoms with Gasteiger partial charge >= 0.3 is 6.03 Å². The van der Waals surface area contributed by atoms with Crippen molar-refractivity contribution >= 4 is 11.9 Å². The third-order valence-electron chi connectivity index (χ3n) is 7.27. The molecule has 160 valence electrons. The summed E-state index contributed by atoms with van der Waals surface area (Å²) in [5.41, 5.74) is 5.32. The van der Waals surface area contributed by atoms with Gasteiger partial charge in [-0.1, -0.05) is 33.1 Å². The van der Waals surface area contributed by atoms with Crippen LogP contribution in [0.15, 0.2) is 0 Å². The van der Waals surface area contributed by atoms with Crippen LogP contribution in [0.4, 0.5) is 4.79 Å². The molecule has 1 aliphatic heterocycles. The SMILES string of the molecule is CCOC1CC(N)(C(=O)N2CCC(NC(=O)NC3CCCCC3)CC2)C1(C)C. The minimum atomic E-state index is -0.856. The number of carbonyl (C=O) groups excluding carboxylic acids is 2. The van der Waals surface area contributed by atoms with Crippen molar-refractivity contribution in [2.24, 2.45) is 11.1 Å².